The Bertz CT molecular complexity index is 1620. The van der Waals surface area contributed by atoms with E-state index in [0.29, 0.717) is 33.8 Å². The molecule has 1 aliphatic rings. The number of methoxy groups -OCH3 is 1. The summed E-state index contributed by atoms with van der Waals surface area (Å²) in [5.74, 6) is -1.47. The number of amides is 1. The lowest BCUT2D eigenvalue weighted by Gasteiger charge is -2.29. The number of phenols is 1. The van der Waals surface area contributed by atoms with Crippen molar-refractivity contribution in [1.82, 2.24) is 9.21 Å². The van der Waals surface area contributed by atoms with Gasteiger partial charge in [0.2, 0.25) is 10.0 Å². The van der Waals surface area contributed by atoms with Crippen molar-refractivity contribution in [2.75, 3.05) is 20.2 Å². The van der Waals surface area contributed by atoms with Crippen molar-refractivity contribution in [2.24, 2.45) is 16.5 Å². The molecule has 13 heteroatoms. The van der Waals surface area contributed by atoms with Crippen LogP contribution in [0.15, 0.2) is 77.1 Å². The second kappa shape index (κ2) is 13.1. The molecule has 0 aliphatic carbocycles. The summed E-state index contributed by atoms with van der Waals surface area (Å²) >= 11 is 5.91. The number of sulfonamides is 1. The quantitative estimate of drug-likeness (QED) is 0.188. The highest BCUT2D eigenvalue weighted by Gasteiger charge is 2.36. The maximum Gasteiger partial charge on any atom is 0.341 e. The monoisotopic (exact) mass is 611 g/mol. The third kappa shape index (κ3) is 7.46. The largest absolute Gasteiger partial charge is 0.507 e. The summed E-state index contributed by atoms with van der Waals surface area (Å²) in [4.78, 5) is 31.5. The summed E-state index contributed by atoms with van der Waals surface area (Å²) in [6.45, 7) is 0.305. The second-order valence-electron chi connectivity index (χ2n) is 9.56. The number of benzene rings is 3. The summed E-state index contributed by atoms with van der Waals surface area (Å²) in [5.41, 5.74) is 12.8. The number of rotatable bonds is 9. The normalized spacial score (nSPS) is 15.4. The Kier molecular flexibility index (Phi) is 9.51. The number of aliphatic imine (C=N–C) groups is 1. The first kappa shape index (κ1) is 30.6. The molecule has 0 spiro atoms. The molecule has 1 aliphatic heterocycles. The zero-order chi connectivity index (χ0) is 30.4. The fraction of sp³-hybridized carbons (Fsp3) is 0.207. The molecular weight excluding hydrogens is 582 g/mol. The molecule has 0 radical (unpaired) electrons. The van der Waals surface area contributed by atoms with Crippen molar-refractivity contribution in [2.45, 2.75) is 19.0 Å². The van der Waals surface area contributed by atoms with Crippen LogP contribution < -0.4 is 11.5 Å². The number of nitrogens with zero attached hydrogens (tertiary/aromatic N) is 3. The van der Waals surface area contributed by atoms with E-state index in [4.69, 9.17) is 27.8 Å². The molecule has 5 N–H and O–H groups in total. The minimum absolute atomic E-state index is 0.0396. The highest BCUT2D eigenvalue weighted by molar-refractivity contribution is 7.92. The van der Waals surface area contributed by atoms with E-state index >= 15 is 0 Å². The van der Waals surface area contributed by atoms with Gasteiger partial charge in [0.1, 0.15) is 11.3 Å². The van der Waals surface area contributed by atoms with Crippen molar-refractivity contribution < 1.29 is 27.9 Å². The average Bonchev–Trinajstić information content (AvgIpc) is 3.47. The van der Waals surface area contributed by atoms with Gasteiger partial charge in [-0.25, -0.2) is 18.2 Å². The molecule has 0 saturated carbocycles. The topological polar surface area (TPSA) is 169 Å². The maximum absolute atomic E-state index is 13.8. The zero-order valence-electron chi connectivity index (χ0n) is 22.7. The number of aromatic hydroxyl groups is 1. The molecule has 1 fully saturated rings. The highest BCUT2D eigenvalue weighted by atomic mass is 35.5. The van der Waals surface area contributed by atoms with Gasteiger partial charge in [-0.05, 0) is 72.2 Å². The Balaban J connectivity index is 1.61. The van der Waals surface area contributed by atoms with Crippen LogP contribution in [-0.2, 0) is 21.3 Å². The molecule has 3 aromatic carbocycles. The van der Waals surface area contributed by atoms with Crippen molar-refractivity contribution in [1.29, 1.82) is 0 Å². The lowest BCUT2D eigenvalue weighted by molar-refractivity contribution is 0.0597. The molecule has 42 heavy (non-hydrogen) atoms. The number of hydrogen-bond donors (Lipinski definition) is 3. The van der Waals surface area contributed by atoms with Gasteiger partial charge in [-0.15, -0.1) is 0 Å². The first-order valence-corrected chi connectivity index (χ1v) is 14.7. The number of nitrogens with two attached hydrogens (primary N) is 2. The van der Waals surface area contributed by atoms with Gasteiger partial charge in [0.15, 0.2) is 5.96 Å². The number of guanidine groups is 1. The van der Waals surface area contributed by atoms with Crippen LogP contribution in [0, 0.1) is 0 Å². The van der Waals surface area contributed by atoms with E-state index in [9.17, 15) is 23.1 Å². The molecule has 1 unspecified atom stereocenters. The number of hydrogen-bond acceptors (Lipinski definition) is 7. The first-order chi connectivity index (χ1) is 20.0. The Hall–Kier alpha value is -4.39. The molecule has 1 saturated heterocycles. The Labute approximate surface area is 248 Å². The van der Waals surface area contributed by atoms with Crippen LogP contribution in [0.25, 0.3) is 6.08 Å². The van der Waals surface area contributed by atoms with Crippen LogP contribution >= 0.6 is 11.6 Å². The van der Waals surface area contributed by atoms with Crippen LogP contribution in [0.2, 0.25) is 5.02 Å². The van der Waals surface area contributed by atoms with Crippen molar-refractivity contribution in [3.63, 3.8) is 0 Å². The highest BCUT2D eigenvalue weighted by Crippen LogP contribution is 2.27. The van der Waals surface area contributed by atoms with Crippen LogP contribution in [-0.4, -0.2) is 66.8 Å². The van der Waals surface area contributed by atoms with Crippen LogP contribution in [0.1, 0.15) is 38.3 Å². The number of esters is 1. The average molecular weight is 612 g/mol. The molecule has 1 heterocycles. The number of carbonyl (C=O) groups is 2. The van der Waals surface area contributed by atoms with Crippen molar-refractivity contribution in [3.8, 4) is 5.75 Å². The minimum Gasteiger partial charge on any atom is -0.507 e. The van der Waals surface area contributed by atoms with Crippen molar-refractivity contribution in [3.05, 3.63) is 99.4 Å². The predicted molar refractivity (Wildman–Crippen MR) is 161 cm³/mol. The fourth-order valence-corrected chi connectivity index (χ4v) is 5.90. The second-order valence-corrected chi connectivity index (χ2v) is 11.8. The third-order valence-corrected chi connectivity index (χ3v) is 8.47. The van der Waals surface area contributed by atoms with Crippen LogP contribution in [0.5, 0.6) is 5.75 Å². The van der Waals surface area contributed by atoms with Gasteiger partial charge in [0.25, 0.3) is 5.91 Å². The standard InChI is InChI=1S/C29H30ClN5O6S/c1-41-28(38)25-16-20(4-11-26(25)36)17-35(27(37)21-5-9-23(10-6-21)33-29(31)32)24-12-14-34(18-24)42(39,40)15-13-19-2-7-22(30)8-3-19/h2-11,13,15-16,24,36H,12,14,17-18H2,1H3,(H4,31,32,33)/b15-13+. The number of phenolic OH excluding ortho intramolecular Hbond substituents is 1. The van der Waals surface area contributed by atoms with Gasteiger partial charge in [-0.2, -0.15) is 4.31 Å². The van der Waals surface area contributed by atoms with Gasteiger partial charge in [0.05, 0.1) is 12.8 Å². The van der Waals surface area contributed by atoms with Gasteiger partial charge >= 0.3 is 5.97 Å². The van der Waals surface area contributed by atoms with E-state index < -0.39 is 22.0 Å². The molecule has 0 aromatic heterocycles. The van der Waals surface area contributed by atoms with E-state index in [-0.39, 0.29) is 42.8 Å². The third-order valence-electron chi connectivity index (χ3n) is 6.68. The van der Waals surface area contributed by atoms with Crippen LogP contribution in [0.4, 0.5) is 5.69 Å². The molecule has 1 amide bonds. The van der Waals surface area contributed by atoms with Gasteiger partial charge < -0.3 is 26.2 Å². The number of ether oxygens (including phenoxy) is 1. The number of halogens is 1. The van der Waals surface area contributed by atoms with Gasteiger partial charge in [-0.1, -0.05) is 29.8 Å². The van der Waals surface area contributed by atoms with E-state index in [1.165, 1.54) is 29.6 Å². The lowest BCUT2D eigenvalue weighted by Crippen LogP contribution is -2.42. The summed E-state index contributed by atoms with van der Waals surface area (Å²) < 4.78 is 32.4. The minimum atomic E-state index is -3.79. The SMILES string of the molecule is COC(=O)c1cc(CN(C(=O)c2ccc(N=C(N)N)cc2)C2CCN(S(=O)(=O)/C=C/c3ccc(Cl)cc3)C2)ccc1O. The molecular formula is C29H30ClN5O6S. The summed E-state index contributed by atoms with van der Waals surface area (Å²) in [6.07, 6.45) is 1.87. The van der Waals surface area contributed by atoms with E-state index in [1.54, 1.807) is 59.5 Å². The van der Waals surface area contributed by atoms with Crippen LogP contribution in [0.3, 0.4) is 0 Å². The Morgan fingerprint density at radius 1 is 1.12 bits per heavy atom. The smallest absolute Gasteiger partial charge is 0.341 e. The van der Waals surface area contributed by atoms with E-state index in [1.807, 2.05) is 0 Å². The maximum atomic E-state index is 13.8. The fourth-order valence-electron chi connectivity index (χ4n) is 4.53. The molecule has 220 valence electrons. The molecule has 11 nitrogen and oxygen atoms in total. The number of carbonyl (C=O) groups excluding carboxylic acids is 2. The molecule has 1 atom stereocenters. The van der Waals surface area contributed by atoms with Gasteiger partial charge in [0, 0.05) is 41.7 Å². The first-order valence-electron chi connectivity index (χ1n) is 12.8. The molecule has 3 aromatic rings. The predicted octanol–water partition coefficient (Wildman–Crippen LogP) is 3.45. The summed E-state index contributed by atoms with van der Waals surface area (Å²) in [7, 11) is -2.59. The summed E-state index contributed by atoms with van der Waals surface area (Å²) in [6, 6.07) is 17.0. The lowest BCUT2D eigenvalue weighted by atomic mass is 10.1. The van der Waals surface area contributed by atoms with Crippen molar-refractivity contribution >= 4 is 51.2 Å². The Morgan fingerprint density at radius 3 is 2.45 bits per heavy atom. The van der Waals surface area contributed by atoms with E-state index in [0.717, 1.165) is 5.41 Å². The Morgan fingerprint density at radius 2 is 1.81 bits per heavy atom. The van der Waals surface area contributed by atoms with E-state index in [2.05, 4.69) is 4.99 Å². The molecule has 4 rings (SSSR count). The summed E-state index contributed by atoms with van der Waals surface area (Å²) in [5, 5.41) is 11.8. The van der Waals surface area contributed by atoms with Gasteiger partial charge in [-0.3, -0.25) is 4.79 Å². The zero-order valence-corrected chi connectivity index (χ0v) is 24.3. The molecule has 0 bridgehead atoms.